The van der Waals surface area contributed by atoms with E-state index in [9.17, 15) is 9.18 Å². The molecular weight excluding hydrogens is 293 g/mol. The van der Waals surface area contributed by atoms with Gasteiger partial charge in [0.2, 0.25) is 0 Å². The van der Waals surface area contributed by atoms with E-state index in [1.165, 1.54) is 25.3 Å². The number of carbonyl (C=O) groups excluding carboxylic acids is 1. The lowest BCUT2D eigenvalue weighted by Gasteiger charge is -2.17. The van der Waals surface area contributed by atoms with Crippen molar-refractivity contribution in [3.05, 3.63) is 70.0 Å². The van der Waals surface area contributed by atoms with Gasteiger partial charge in [-0.15, -0.1) is 0 Å². The van der Waals surface area contributed by atoms with Gasteiger partial charge >= 0.3 is 5.97 Å². The molecule has 106 valence electrons. The van der Waals surface area contributed by atoms with Crippen LogP contribution in [0.25, 0.3) is 0 Å². The van der Waals surface area contributed by atoms with Crippen molar-refractivity contribution in [1.29, 1.82) is 5.26 Å². The van der Waals surface area contributed by atoms with Crippen LogP contribution in [-0.4, -0.2) is 13.1 Å². The summed E-state index contributed by atoms with van der Waals surface area (Å²) in [4.78, 5) is 12.1. The Bertz CT molecular complexity index is 707. The number of benzene rings is 2. The average Bonchev–Trinajstić information content (AvgIpc) is 2.49. The number of esters is 1. The second kappa shape index (κ2) is 6.38. The zero-order chi connectivity index (χ0) is 15.4. The van der Waals surface area contributed by atoms with Crippen LogP contribution in [0.15, 0.2) is 42.5 Å². The average molecular weight is 304 g/mol. The van der Waals surface area contributed by atoms with Crippen LogP contribution in [-0.2, 0) is 9.53 Å². The lowest BCUT2D eigenvalue weighted by molar-refractivity contribution is -0.141. The predicted octanol–water partition coefficient (Wildman–Crippen LogP) is 3.66. The number of methoxy groups -OCH3 is 1. The molecule has 2 aromatic carbocycles. The molecule has 0 N–H and O–H groups in total. The van der Waals surface area contributed by atoms with Gasteiger partial charge in [-0.1, -0.05) is 35.9 Å². The maximum atomic E-state index is 13.8. The maximum Gasteiger partial charge on any atom is 0.317 e. The van der Waals surface area contributed by atoms with E-state index in [-0.39, 0.29) is 11.1 Å². The summed E-state index contributed by atoms with van der Waals surface area (Å²) in [5, 5.41) is 9.65. The highest BCUT2D eigenvalue weighted by Gasteiger charge is 2.27. The Morgan fingerprint density at radius 1 is 1.29 bits per heavy atom. The third kappa shape index (κ3) is 3.04. The van der Waals surface area contributed by atoms with E-state index < -0.39 is 17.7 Å². The summed E-state index contributed by atoms with van der Waals surface area (Å²) in [5.74, 6) is -2.12. The van der Waals surface area contributed by atoms with Gasteiger partial charge in [0.25, 0.3) is 0 Å². The van der Waals surface area contributed by atoms with Gasteiger partial charge in [-0.25, -0.2) is 4.39 Å². The molecule has 1 unspecified atom stereocenters. The van der Waals surface area contributed by atoms with Crippen molar-refractivity contribution < 1.29 is 13.9 Å². The molecule has 0 heterocycles. The van der Waals surface area contributed by atoms with Crippen molar-refractivity contribution in [1.82, 2.24) is 0 Å². The Kier molecular flexibility index (Phi) is 4.56. The fourth-order valence-corrected chi connectivity index (χ4v) is 2.24. The van der Waals surface area contributed by atoms with Crippen LogP contribution in [0.5, 0.6) is 0 Å². The third-order valence-electron chi connectivity index (χ3n) is 3.11. The van der Waals surface area contributed by atoms with Gasteiger partial charge in [-0.3, -0.25) is 4.79 Å². The summed E-state index contributed by atoms with van der Waals surface area (Å²) in [5.41, 5.74) is 0.683. The molecule has 2 rings (SSSR count). The quantitative estimate of drug-likeness (QED) is 0.813. The number of ether oxygens (including phenoxy) is 1. The van der Waals surface area contributed by atoms with Crippen LogP contribution >= 0.6 is 11.6 Å². The van der Waals surface area contributed by atoms with Crippen LogP contribution in [0.2, 0.25) is 5.02 Å². The Balaban J connectivity index is 2.62. The number of rotatable bonds is 3. The second-order valence-corrected chi connectivity index (χ2v) is 4.76. The van der Waals surface area contributed by atoms with Crippen LogP contribution in [0, 0.1) is 17.1 Å². The van der Waals surface area contributed by atoms with Gasteiger partial charge in [0.1, 0.15) is 17.8 Å². The highest BCUT2D eigenvalue weighted by molar-refractivity contribution is 6.30. The lowest BCUT2D eigenvalue weighted by Crippen LogP contribution is -2.17. The highest BCUT2D eigenvalue weighted by Crippen LogP contribution is 2.30. The molecule has 3 nitrogen and oxygen atoms in total. The number of nitriles is 1. The highest BCUT2D eigenvalue weighted by atomic mass is 35.5. The molecular formula is C16H11ClFNO2. The van der Waals surface area contributed by atoms with E-state index in [1.54, 1.807) is 30.3 Å². The lowest BCUT2D eigenvalue weighted by atomic mass is 9.88. The minimum absolute atomic E-state index is 0.164. The number of halogens is 2. The summed E-state index contributed by atoms with van der Waals surface area (Å²) in [6.45, 7) is 0. The molecule has 0 aliphatic carbocycles. The number of carbonyl (C=O) groups is 1. The molecule has 0 saturated carbocycles. The van der Waals surface area contributed by atoms with Gasteiger partial charge in [-0.2, -0.15) is 5.26 Å². The van der Waals surface area contributed by atoms with E-state index in [4.69, 9.17) is 21.6 Å². The van der Waals surface area contributed by atoms with E-state index in [1.807, 2.05) is 0 Å². The molecule has 0 radical (unpaired) electrons. The summed E-state index contributed by atoms with van der Waals surface area (Å²) in [7, 11) is 1.25. The first-order valence-corrected chi connectivity index (χ1v) is 6.48. The molecule has 0 amide bonds. The topological polar surface area (TPSA) is 50.1 Å². The van der Waals surface area contributed by atoms with Gasteiger partial charge < -0.3 is 4.74 Å². The summed E-state index contributed by atoms with van der Waals surface area (Å²) >= 11 is 5.83. The molecule has 0 saturated heterocycles. The molecule has 0 aliphatic heterocycles. The second-order valence-electron chi connectivity index (χ2n) is 4.32. The van der Waals surface area contributed by atoms with Crippen molar-refractivity contribution in [2.45, 2.75) is 5.92 Å². The zero-order valence-electron chi connectivity index (χ0n) is 11.1. The van der Waals surface area contributed by atoms with Crippen LogP contribution in [0.3, 0.4) is 0 Å². The summed E-state index contributed by atoms with van der Waals surface area (Å²) in [6, 6.07) is 12.5. The van der Waals surface area contributed by atoms with Gasteiger partial charge in [-0.05, 0) is 29.3 Å². The number of hydrogen-bond donors (Lipinski definition) is 0. The van der Waals surface area contributed by atoms with Crippen molar-refractivity contribution in [2.24, 2.45) is 0 Å². The van der Waals surface area contributed by atoms with Gasteiger partial charge in [0.15, 0.2) is 0 Å². The van der Waals surface area contributed by atoms with Crippen molar-refractivity contribution in [2.75, 3.05) is 7.11 Å². The predicted molar refractivity (Wildman–Crippen MR) is 76.4 cm³/mol. The van der Waals surface area contributed by atoms with Crippen molar-refractivity contribution in [3.8, 4) is 6.07 Å². The molecule has 0 aromatic heterocycles. The number of nitrogens with zero attached hydrogens (tertiary/aromatic N) is 1. The zero-order valence-corrected chi connectivity index (χ0v) is 11.9. The minimum atomic E-state index is -0.877. The van der Waals surface area contributed by atoms with Gasteiger partial charge in [0.05, 0.1) is 12.7 Å². The van der Waals surface area contributed by atoms with Crippen molar-refractivity contribution >= 4 is 17.6 Å². The van der Waals surface area contributed by atoms with Crippen molar-refractivity contribution in [3.63, 3.8) is 0 Å². The first-order chi connectivity index (χ1) is 10.1. The molecule has 1 atom stereocenters. The molecule has 0 fully saturated rings. The SMILES string of the molecule is COC(=O)C(c1ccc(Cl)cc1)c1cccc(F)c1C#N. The summed E-state index contributed by atoms with van der Waals surface area (Å²) < 4.78 is 18.5. The third-order valence-corrected chi connectivity index (χ3v) is 3.36. The molecule has 0 aliphatic rings. The first kappa shape index (κ1) is 15.0. The molecule has 0 spiro atoms. The van der Waals surface area contributed by atoms with E-state index in [0.717, 1.165) is 0 Å². The largest absolute Gasteiger partial charge is 0.468 e. The number of hydrogen-bond acceptors (Lipinski definition) is 3. The summed E-state index contributed by atoms with van der Waals surface area (Å²) in [6.07, 6.45) is 0. The van der Waals surface area contributed by atoms with E-state index in [0.29, 0.717) is 10.6 Å². The monoisotopic (exact) mass is 303 g/mol. The fourth-order valence-electron chi connectivity index (χ4n) is 2.12. The molecule has 5 heteroatoms. The van der Waals surface area contributed by atoms with Crippen LogP contribution in [0.4, 0.5) is 4.39 Å². The molecule has 21 heavy (non-hydrogen) atoms. The molecule has 0 bridgehead atoms. The van der Waals surface area contributed by atoms with E-state index in [2.05, 4.69) is 0 Å². The Labute approximate surface area is 126 Å². The van der Waals surface area contributed by atoms with Crippen LogP contribution in [0.1, 0.15) is 22.6 Å². The normalized spacial score (nSPS) is 11.5. The maximum absolute atomic E-state index is 13.8. The van der Waals surface area contributed by atoms with E-state index >= 15 is 0 Å². The fraction of sp³-hybridized carbons (Fsp3) is 0.125. The van der Waals surface area contributed by atoms with Crippen LogP contribution < -0.4 is 0 Å². The Morgan fingerprint density at radius 2 is 1.95 bits per heavy atom. The minimum Gasteiger partial charge on any atom is -0.468 e. The smallest absolute Gasteiger partial charge is 0.317 e. The Hall–Kier alpha value is -2.38. The molecule has 2 aromatic rings. The first-order valence-electron chi connectivity index (χ1n) is 6.10. The van der Waals surface area contributed by atoms with Gasteiger partial charge in [0, 0.05) is 5.02 Å². The Morgan fingerprint density at radius 3 is 2.52 bits per heavy atom. The standard InChI is InChI=1S/C16H11ClFNO2/c1-21-16(20)15(10-5-7-11(17)8-6-10)12-3-2-4-14(18)13(12)9-19/h2-8,15H,1H3.